The Hall–Kier alpha value is -3.19. The molecule has 2 aromatic carbocycles. The molecule has 0 saturated carbocycles. The van der Waals surface area contributed by atoms with Crippen LogP contribution in [-0.4, -0.2) is 29.6 Å². The smallest absolute Gasteiger partial charge is 0.338 e. The number of nitrogens with zero attached hydrogens (tertiary/aromatic N) is 2. The molecule has 4 rings (SSSR count). The van der Waals surface area contributed by atoms with Crippen molar-refractivity contribution >= 4 is 28.9 Å². The summed E-state index contributed by atoms with van der Waals surface area (Å²) in [7, 11) is 0. The van der Waals surface area contributed by atoms with E-state index in [-0.39, 0.29) is 24.6 Å². The Morgan fingerprint density at radius 2 is 2.00 bits per heavy atom. The number of hydrogen-bond donors (Lipinski definition) is 0. The van der Waals surface area contributed by atoms with Crippen LogP contribution in [0.15, 0.2) is 47.8 Å². The first kappa shape index (κ1) is 22.0. The fourth-order valence-corrected chi connectivity index (χ4v) is 4.43. The Balaban J connectivity index is 1.57. The molecule has 2 heterocycles. The molecular weight excluding hydrogens is 424 g/mol. The van der Waals surface area contributed by atoms with Crippen LogP contribution >= 0.6 is 11.3 Å². The van der Waals surface area contributed by atoms with Gasteiger partial charge < -0.3 is 14.4 Å². The second-order valence-electron chi connectivity index (χ2n) is 7.98. The normalized spacial score (nSPS) is 13.1. The van der Waals surface area contributed by atoms with E-state index in [1.807, 2.05) is 44.2 Å². The van der Waals surface area contributed by atoms with Crippen LogP contribution in [0.2, 0.25) is 0 Å². The number of rotatable bonds is 7. The Kier molecular flexibility index (Phi) is 6.55. The summed E-state index contributed by atoms with van der Waals surface area (Å²) in [4.78, 5) is 31.2. The molecule has 3 aromatic rings. The van der Waals surface area contributed by atoms with E-state index in [9.17, 15) is 9.59 Å². The number of thiazole rings is 1. The molecule has 1 amide bonds. The molecule has 0 aliphatic carbocycles. The van der Waals surface area contributed by atoms with Crippen molar-refractivity contribution in [2.45, 2.75) is 46.3 Å². The summed E-state index contributed by atoms with van der Waals surface area (Å²) in [6.07, 6.45) is 1.85. The fourth-order valence-electron chi connectivity index (χ4n) is 3.52. The van der Waals surface area contributed by atoms with E-state index < -0.39 is 0 Å². The molecule has 166 valence electrons. The topological polar surface area (TPSA) is 68.7 Å². The average Bonchev–Trinajstić information content (AvgIpc) is 3.24. The molecule has 0 N–H and O–H groups in total. The molecule has 0 atom stereocenters. The molecule has 0 spiro atoms. The van der Waals surface area contributed by atoms with E-state index in [1.165, 1.54) is 0 Å². The van der Waals surface area contributed by atoms with Gasteiger partial charge in [-0.2, -0.15) is 0 Å². The number of anilines is 1. The highest BCUT2D eigenvalue weighted by Gasteiger charge is 2.26. The molecule has 1 aliphatic heterocycles. The predicted octanol–water partition coefficient (Wildman–Crippen LogP) is 5.25. The molecule has 0 saturated heterocycles. The average molecular weight is 451 g/mol. The number of fused-ring (bicyclic) bond motifs is 1. The van der Waals surface area contributed by atoms with Gasteiger partial charge >= 0.3 is 5.97 Å². The van der Waals surface area contributed by atoms with E-state index >= 15 is 0 Å². The van der Waals surface area contributed by atoms with Crippen molar-refractivity contribution in [2.75, 3.05) is 11.5 Å². The number of benzene rings is 2. The lowest BCUT2D eigenvalue weighted by Crippen LogP contribution is -2.38. The highest BCUT2D eigenvalue weighted by Crippen LogP contribution is 2.37. The van der Waals surface area contributed by atoms with Crippen LogP contribution in [0.3, 0.4) is 0 Å². The number of carbonyl (C=O) groups excluding carboxylic acids is 2. The van der Waals surface area contributed by atoms with Crippen LogP contribution < -0.4 is 9.64 Å². The van der Waals surface area contributed by atoms with Gasteiger partial charge in [-0.15, -0.1) is 11.3 Å². The van der Waals surface area contributed by atoms with Gasteiger partial charge in [0.2, 0.25) is 0 Å². The lowest BCUT2D eigenvalue weighted by molar-refractivity contribution is -0.121. The van der Waals surface area contributed by atoms with Gasteiger partial charge in [-0.05, 0) is 62.6 Å². The summed E-state index contributed by atoms with van der Waals surface area (Å²) in [5, 5.41) is 3.16. The van der Waals surface area contributed by atoms with Crippen molar-refractivity contribution in [2.24, 2.45) is 0 Å². The maximum absolute atomic E-state index is 12.7. The zero-order valence-corrected chi connectivity index (χ0v) is 19.3. The van der Waals surface area contributed by atoms with Crippen LogP contribution in [-0.2, 0) is 22.5 Å². The van der Waals surface area contributed by atoms with Crippen molar-refractivity contribution < 1.29 is 19.1 Å². The Morgan fingerprint density at radius 1 is 1.22 bits per heavy atom. The minimum atomic E-state index is -0.352. The van der Waals surface area contributed by atoms with Crippen LogP contribution in [0.1, 0.15) is 48.1 Å². The highest BCUT2D eigenvalue weighted by atomic mass is 32.1. The Bertz CT molecular complexity index is 1120. The Labute approximate surface area is 191 Å². The highest BCUT2D eigenvalue weighted by molar-refractivity contribution is 7.09. The van der Waals surface area contributed by atoms with E-state index in [4.69, 9.17) is 14.5 Å². The third-order valence-electron chi connectivity index (χ3n) is 5.09. The maximum Gasteiger partial charge on any atom is 0.338 e. The lowest BCUT2D eigenvalue weighted by atomic mass is 10.1. The van der Waals surface area contributed by atoms with Gasteiger partial charge in [-0.25, -0.2) is 9.78 Å². The number of amides is 1. The van der Waals surface area contributed by atoms with Crippen molar-refractivity contribution in [3.63, 3.8) is 0 Å². The molecule has 7 heteroatoms. The molecule has 1 aliphatic rings. The molecule has 0 fully saturated rings. The van der Waals surface area contributed by atoms with Crippen LogP contribution in [0.5, 0.6) is 5.75 Å². The van der Waals surface area contributed by atoms with E-state index in [2.05, 4.69) is 12.3 Å². The number of hydrogen-bond acceptors (Lipinski definition) is 6. The second kappa shape index (κ2) is 9.53. The fraction of sp³-hybridized carbons (Fsp3) is 0.320. The molecule has 0 bridgehead atoms. The zero-order chi connectivity index (χ0) is 22.7. The summed E-state index contributed by atoms with van der Waals surface area (Å²) in [6.45, 7) is 6.16. The van der Waals surface area contributed by atoms with E-state index in [0.29, 0.717) is 17.9 Å². The minimum absolute atomic E-state index is 0.00247. The zero-order valence-electron chi connectivity index (χ0n) is 18.5. The maximum atomic E-state index is 12.7. The van der Waals surface area contributed by atoms with Crippen LogP contribution in [0.25, 0.3) is 11.3 Å². The molecule has 0 unspecified atom stereocenters. The number of aryl methyl sites for hydroxylation is 1. The summed E-state index contributed by atoms with van der Waals surface area (Å²) >= 11 is 1.66. The number of carbonyl (C=O) groups is 2. The van der Waals surface area contributed by atoms with Crippen LogP contribution in [0, 0.1) is 0 Å². The summed E-state index contributed by atoms with van der Waals surface area (Å²) in [5.41, 5.74) is 4.00. The quantitative estimate of drug-likeness (QED) is 0.460. The molecule has 6 nitrogen and oxygen atoms in total. The molecule has 0 radical (unpaired) electrons. The largest absolute Gasteiger partial charge is 0.482 e. The van der Waals surface area contributed by atoms with Gasteiger partial charge in [0, 0.05) is 10.9 Å². The van der Waals surface area contributed by atoms with Gasteiger partial charge in [0.05, 0.1) is 34.6 Å². The van der Waals surface area contributed by atoms with E-state index in [0.717, 1.165) is 40.4 Å². The standard InChI is InChI=1S/C25H26N2O4S/c1-4-5-23-26-20(15-32-23)19-10-11-22-21(12-19)27(24(28)14-30-22)13-17-6-8-18(9-7-17)25(29)31-16(2)3/h6-12,15-16H,4-5,13-14H2,1-3H3. The van der Waals surface area contributed by atoms with Crippen molar-refractivity contribution in [1.82, 2.24) is 4.98 Å². The van der Waals surface area contributed by atoms with Gasteiger partial charge in [0.1, 0.15) is 5.75 Å². The van der Waals surface area contributed by atoms with Crippen molar-refractivity contribution in [3.05, 3.63) is 64.0 Å². The van der Waals surface area contributed by atoms with Gasteiger partial charge in [-0.1, -0.05) is 19.1 Å². The van der Waals surface area contributed by atoms with Crippen molar-refractivity contribution in [1.29, 1.82) is 0 Å². The second-order valence-corrected chi connectivity index (χ2v) is 8.92. The first-order valence-electron chi connectivity index (χ1n) is 10.8. The number of aromatic nitrogens is 1. The third-order valence-corrected chi connectivity index (χ3v) is 5.99. The summed E-state index contributed by atoms with van der Waals surface area (Å²) in [5.74, 6) is 0.215. The Morgan fingerprint density at radius 3 is 2.72 bits per heavy atom. The minimum Gasteiger partial charge on any atom is -0.482 e. The SMILES string of the molecule is CCCc1nc(-c2ccc3c(c2)N(Cc2ccc(C(=O)OC(C)C)cc2)C(=O)CO3)cs1. The van der Waals surface area contributed by atoms with Crippen LogP contribution in [0.4, 0.5) is 5.69 Å². The summed E-state index contributed by atoms with van der Waals surface area (Å²) < 4.78 is 10.9. The molecular formula is C25H26N2O4S. The predicted molar refractivity (Wildman–Crippen MR) is 125 cm³/mol. The lowest BCUT2D eigenvalue weighted by Gasteiger charge is -2.30. The summed E-state index contributed by atoms with van der Waals surface area (Å²) in [6, 6.07) is 13.0. The first-order chi connectivity index (χ1) is 15.4. The number of esters is 1. The number of ether oxygens (including phenoxy) is 2. The van der Waals surface area contributed by atoms with Crippen molar-refractivity contribution in [3.8, 4) is 17.0 Å². The molecule has 1 aromatic heterocycles. The third kappa shape index (κ3) is 4.83. The van der Waals surface area contributed by atoms with Gasteiger partial charge in [0.15, 0.2) is 6.61 Å². The van der Waals surface area contributed by atoms with Gasteiger partial charge in [0.25, 0.3) is 5.91 Å². The monoisotopic (exact) mass is 450 g/mol. The first-order valence-corrected chi connectivity index (χ1v) is 11.6. The van der Waals surface area contributed by atoms with E-state index in [1.54, 1.807) is 28.4 Å². The van der Waals surface area contributed by atoms with Gasteiger partial charge in [-0.3, -0.25) is 4.79 Å². The molecule has 32 heavy (non-hydrogen) atoms.